The van der Waals surface area contributed by atoms with Crippen LogP contribution >= 0.6 is 0 Å². The zero-order valence-electron chi connectivity index (χ0n) is 34.1. The number of rotatable bonds is 6. The highest BCUT2D eigenvalue weighted by molar-refractivity contribution is 6.93. The van der Waals surface area contributed by atoms with Crippen molar-refractivity contribution in [3.05, 3.63) is 162 Å². The quantitative estimate of drug-likeness (QED) is 0.122. The predicted octanol–water partition coefficient (Wildman–Crippen LogP) is 13.0. The smallest absolute Gasteiger partial charge is 0.333 e. The summed E-state index contributed by atoms with van der Waals surface area (Å²) >= 11 is 0. The molecule has 0 amide bonds. The second-order valence-electron chi connectivity index (χ2n) is 18.3. The fraction of sp³-hybridized carbons (Fsp3) is 0.222. The average Bonchev–Trinajstić information content (AvgIpc) is 3.69. The number of unbranched alkanes of at least 4 members (excludes halogenated alkanes) is 2. The summed E-state index contributed by atoms with van der Waals surface area (Å²) in [7, 11) is 0. The topological polar surface area (TPSA) is 8.17 Å². The molecule has 2 nitrogen and oxygen atoms in total. The molecule has 57 heavy (non-hydrogen) atoms. The fourth-order valence-electron chi connectivity index (χ4n) is 10.7. The van der Waals surface area contributed by atoms with Gasteiger partial charge in [-0.1, -0.05) is 151 Å². The first-order valence-corrected chi connectivity index (χ1v) is 21.1. The minimum atomic E-state index is -0.116. The Balaban J connectivity index is 1.31. The van der Waals surface area contributed by atoms with Crippen LogP contribution in [0.2, 0.25) is 0 Å². The molecule has 1 aliphatic carbocycles. The summed E-state index contributed by atoms with van der Waals surface area (Å²) < 4.78 is 2.62. The Bertz CT molecular complexity index is 2920. The molecule has 0 fully saturated rings. The monoisotopic (exact) mass is 736 g/mol. The number of para-hydroxylation sites is 1. The number of hydrogen-bond acceptors (Lipinski definition) is 1. The SMILES string of the molecule is CCCCCc1ccc2c(c1)B1c3c(cc(-c4ccccc4)c4c5ccccc5n-2c34)-c2cc3c(cc2N1c1ccc(C(C)(C)C)cc1)-c1ccccc1C3(C)C. The third-order valence-electron chi connectivity index (χ3n) is 13.6. The van der Waals surface area contributed by atoms with E-state index in [9.17, 15) is 0 Å². The van der Waals surface area contributed by atoms with E-state index < -0.39 is 0 Å². The van der Waals surface area contributed by atoms with E-state index in [1.165, 1.54) is 125 Å². The summed E-state index contributed by atoms with van der Waals surface area (Å²) in [6, 6.07) is 53.9. The van der Waals surface area contributed by atoms with Crippen LogP contribution in [0.3, 0.4) is 0 Å². The van der Waals surface area contributed by atoms with Gasteiger partial charge >= 0.3 is 6.85 Å². The number of fused-ring (bicyclic) bond motifs is 11. The lowest BCUT2D eigenvalue weighted by Gasteiger charge is -2.43. The lowest BCUT2D eigenvalue weighted by atomic mass is 9.43. The van der Waals surface area contributed by atoms with E-state index in [0.717, 1.165) is 6.42 Å². The molecule has 3 heteroatoms. The standard InChI is InChI=1S/C54H49BN2/c1-7-8-10-17-34-24-29-48-46(30-34)55-51-43(31-40(35-18-11-9-12-19-35)50-39-21-14-16-23-47(39)56(48)52(50)51)42-32-45-41(38-20-13-15-22-44(38)54(45,5)6)33-49(42)57(55)37-27-25-36(26-28-37)53(2,3)4/h9,11-16,18-33H,7-8,10,17H2,1-6H3. The predicted molar refractivity (Wildman–Crippen MR) is 245 cm³/mol. The molecular formula is C54H49BN2. The lowest BCUT2D eigenvalue weighted by molar-refractivity contribution is 0.590. The molecule has 0 radical (unpaired) electrons. The van der Waals surface area contributed by atoms with E-state index >= 15 is 0 Å². The van der Waals surface area contributed by atoms with E-state index in [0.29, 0.717) is 0 Å². The third-order valence-corrected chi connectivity index (χ3v) is 13.6. The van der Waals surface area contributed by atoms with Crippen molar-refractivity contribution in [3.8, 4) is 39.1 Å². The van der Waals surface area contributed by atoms with Crippen LogP contribution in [0.4, 0.5) is 11.4 Å². The Labute approximate surface area is 337 Å². The van der Waals surface area contributed by atoms with Gasteiger partial charge in [-0.2, -0.15) is 0 Å². The summed E-state index contributed by atoms with van der Waals surface area (Å²) in [6.07, 6.45) is 4.78. The molecule has 278 valence electrons. The Morgan fingerprint density at radius 3 is 2.16 bits per heavy atom. The van der Waals surface area contributed by atoms with Gasteiger partial charge in [-0.25, -0.2) is 0 Å². The van der Waals surface area contributed by atoms with E-state index in [-0.39, 0.29) is 17.7 Å². The lowest BCUT2D eigenvalue weighted by Crippen LogP contribution is -2.60. The summed E-state index contributed by atoms with van der Waals surface area (Å²) in [4.78, 5) is 2.72. The second-order valence-corrected chi connectivity index (χ2v) is 18.3. The molecule has 7 aromatic carbocycles. The van der Waals surface area contributed by atoms with Crippen LogP contribution in [0.5, 0.6) is 0 Å². The van der Waals surface area contributed by atoms with Crippen molar-refractivity contribution in [1.29, 1.82) is 0 Å². The Morgan fingerprint density at radius 2 is 1.37 bits per heavy atom. The van der Waals surface area contributed by atoms with Crippen LogP contribution in [0, 0.1) is 0 Å². The van der Waals surface area contributed by atoms with Crippen LogP contribution in [0.1, 0.15) is 83.1 Å². The first kappa shape index (κ1) is 34.5. The summed E-state index contributed by atoms with van der Waals surface area (Å²) in [6.45, 7) is 14.1. The highest BCUT2D eigenvalue weighted by Gasteiger charge is 2.46. The first-order chi connectivity index (χ1) is 27.6. The van der Waals surface area contributed by atoms with E-state index in [4.69, 9.17) is 0 Å². The van der Waals surface area contributed by atoms with E-state index in [1.807, 2.05) is 0 Å². The third kappa shape index (κ3) is 4.91. The van der Waals surface area contributed by atoms with Crippen LogP contribution in [0.15, 0.2) is 140 Å². The number of anilines is 2. The Morgan fingerprint density at radius 1 is 0.614 bits per heavy atom. The maximum Gasteiger partial charge on any atom is 0.333 e. The molecule has 3 aliphatic rings. The minimum Gasteiger partial charge on any atom is -0.376 e. The van der Waals surface area contributed by atoms with Gasteiger partial charge in [0, 0.05) is 38.8 Å². The molecule has 0 unspecified atom stereocenters. The van der Waals surface area contributed by atoms with Gasteiger partial charge in [0.15, 0.2) is 0 Å². The van der Waals surface area contributed by atoms with Crippen molar-refractivity contribution < 1.29 is 0 Å². The fourth-order valence-corrected chi connectivity index (χ4v) is 10.7. The number of hydrogen-bond donors (Lipinski definition) is 0. The molecule has 0 atom stereocenters. The maximum absolute atomic E-state index is 2.72. The van der Waals surface area contributed by atoms with Crippen molar-refractivity contribution in [2.75, 3.05) is 4.81 Å². The van der Waals surface area contributed by atoms with Gasteiger partial charge < -0.3 is 9.38 Å². The molecule has 0 bridgehead atoms. The highest BCUT2D eigenvalue weighted by atomic mass is 15.1. The Hall–Kier alpha value is -5.80. The first-order valence-electron chi connectivity index (χ1n) is 21.1. The molecule has 2 aliphatic heterocycles. The number of aryl methyl sites for hydroxylation is 1. The van der Waals surface area contributed by atoms with E-state index in [1.54, 1.807) is 0 Å². The van der Waals surface area contributed by atoms with Crippen LogP contribution < -0.4 is 15.7 Å². The molecule has 0 spiro atoms. The van der Waals surface area contributed by atoms with Gasteiger partial charge in [0.25, 0.3) is 0 Å². The Kier molecular flexibility index (Phi) is 7.47. The number of aromatic nitrogens is 1. The van der Waals surface area contributed by atoms with Gasteiger partial charge in [0.2, 0.25) is 0 Å². The molecule has 8 aromatic rings. The van der Waals surface area contributed by atoms with Crippen LogP contribution in [-0.2, 0) is 17.3 Å². The average molecular weight is 737 g/mol. The van der Waals surface area contributed by atoms with Gasteiger partial charge in [-0.05, 0) is 122 Å². The van der Waals surface area contributed by atoms with Crippen molar-refractivity contribution in [2.45, 2.75) is 78.1 Å². The largest absolute Gasteiger partial charge is 0.376 e. The van der Waals surface area contributed by atoms with Gasteiger partial charge in [0.05, 0.1) is 11.0 Å². The minimum absolute atomic E-state index is 0.0130. The highest BCUT2D eigenvalue weighted by Crippen LogP contribution is 2.55. The van der Waals surface area contributed by atoms with Crippen molar-refractivity contribution >= 4 is 51.0 Å². The molecule has 3 heterocycles. The molecule has 0 saturated heterocycles. The van der Waals surface area contributed by atoms with Crippen LogP contribution in [0.25, 0.3) is 60.9 Å². The zero-order chi connectivity index (χ0) is 38.8. The van der Waals surface area contributed by atoms with Crippen LogP contribution in [-0.4, -0.2) is 11.4 Å². The number of nitrogens with zero attached hydrogens (tertiary/aromatic N) is 2. The molecule has 0 N–H and O–H groups in total. The van der Waals surface area contributed by atoms with Crippen molar-refractivity contribution in [2.24, 2.45) is 0 Å². The zero-order valence-corrected chi connectivity index (χ0v) is 34.1. The molecule has 1 aromatic heterocycles. The second kappa shape index (κ2) is 12.4. The molecule has 11 rings (SSSR count). The summed E-state index contributed by atoms with van der Waals surface area (Å²) in [5, 5.41) is 2.66. The molecular weight excluding hydrogens is 687 g/mol. The van der Waals surface area contributed by atoms with E-state index in [2.05, 4.69) is 190 Å². The van der Waals surface area contributed by atoms with Crippen molar-refractivity contribution in [3.63, 3.8) is 0 Å². The van der Waals surface area contributed by atoms with Crippen molar-refractivity contribution in [1.82, 2.24) is 4.57 Å². The van der Waals surface area contributed by atoms with Gasteiger partial charge in [-0.15, -0.1) is 0 Å². The van der Waals surface area contributed by atoms with Gasteiger partial charge in [-0.3, -0.25) is 0 Å². The summed E-state index contributed by atoms with van der Waals surface area (Å²) in [5.41, 5.74) is 22.7. The molecule has 0 saturated carbocycles. The summed E-state index contributed by atoms with van der Waals surface area (Å²) in [5.74, 6) is 0. The normalized spacial score (nSPS) is 14.5. The van der Waals surface area contributed by atoms with Gasteiger partial charge in [0.1, 0.15) is 0 Å². The number of benzene rings is 7. The maximum atomic E-state index is 2.72.